The van der Waals surface area contributed by atoms with Crippen LogP contribution in [0, 0.1) is 11.3 Å². The molecule has 13 amide bonds. The first-order valence-corrected chi connectivity index (χ1v) is 47.8. The smallest absolute Gasteiger partial charge is 0.327 e. The number of nitrogens with two attached hydrogens (primary N) is 3. The molecule has 2 aromatic heterocycles. The van der Waals surface area contributed by atoms with Gasteiger partial charge in [-0.15, -0.1) is 11.8 Å². The number of hydrogen-bond donors (Lipinski definition) is 20. The van der Waals surface area contributed by atoms with E-state index in [0.29, 0.717) is 89.8 Å². The largest absolute Gasteiger partial charge is 0.493 e. The first-order valence-electron chi connectivity index (χ1n) is 46.7. The summed E-state index contributed by atoms with van der Waals surface area (Å²) in [5.41, 5.74) is 21.3. The van der Waals surface area contributed by atoms with E-state index in [-0.39, 0.29) is 143 Å². The van der Waals surface area contributed by atoms with E-state index < -0.39 is 222 Å². The molecule has 51 heteroatoms. The summed E-state index contributed by atoms with van der Waals surface area (Å²) in [7, 11) is 2.96. The fourth-order valence-electron chi connectivity index (χ4n) is 16.7. The Kier molecular flexibility index (Phi) is 39.8. The van der Waals surface area contributed by atoms with Crippen LogP contribution in [0.1, 0.15) is 174 Å². The van der Waals surface area contributed by atoms with Gasteiger partial charge in [0, 0.05) is 99.4 Å². The third-order valence-corrected chi connectivity index (χ3v) is 25.5. The molecule has 5 aliphatic rings. The Bertz CT molecular complexity index is 5750. The number of carboxylic acid groups (broad SMARTS) is 4. The maximum atomic E-state index is 14.6. The van der Waals surface area contributed by atoms with E-state index in [2.05, 4.69) is 86.3 Å². The maximum Gasteiger partial charge on any atom is 0.327 e. The lowest BCUT2D eigenvalue weighted by Crippen LogP contribution is -2.59. The molecule has 10 rings (SSSR count). The molecule has 4 fully saturated rings. The summed E-state index contributed by atoms with van der Waals surface area (Å²) < 4.78 is 29.7. The maximum absolute atomic E-state index is 14.6. The predicted molar refractivity (Wildman–Crippen MR) is 518 cm³/mol. The number of imide groups is 1. The van der Waals surface area contributed by atoms with Gasteiger partial charge in [0.25, 0.3) is 23.3 Å². The number of aromatic amines is 1. The molecule has 4 saturated heterocycles. The number of thioether (sulfide) groups is 1. The number of rotatable bonds is 54. The van der Waals surface area contributed by atoms with E-state index in [0.717, 1.165) is 23.3 Å². The number of nitrogen functional groups attached to an aromatic ring is 2. The summed E-state index contributed by atoms with van der Waals surface area (Å²) in [5, 5.41) is 74.1. The van der Waals surface area contributed by atoms with Crippen LogP contribution in [0.3, 0.4) is 0 Å². The molecule has 0 radical (unpaired) electrons. The molecule has 12 atom stereocenters. The van der Waals surface area contributed by atoms with Crippen molar-refractivity contribution in [3.8, 4) is 23.0 Å². The molecule has 7 heterocycles. The number of nitrogens with zero attached hydrogens (tertiary/aromatic N) is 7. The number of aromatic nitrogens is 4. The summed E-state index contributed by atoms with van der Waals surface area (Å²) in [6, 6.07) is -1.00. The molecular weight excluding hydrogens is 1900 g/mol. The zero-order valence-electron chi connectivity index (χ0n) is 80.4. The van der Waals surface area contributed by atoms with Crippen molar-refractivity contribution in [1.29, 1.82) is 5.41 Å². The highest BCUT2D eigenvalue weighted by Crippen LogP contribution is 2.40. The zero-order valence-corrected chi connectivity index (χ0v) is 81.2. The molecule has 5 aliphatic heterocycles. The molecule has 5 aromatic rings. The Labute approximate surface area is 830 Å². The van der Waals surface area contributed by atoms with Crippen LogP contribution in [0.2, 0.25) is 0 Å². The van der Waals surface area contributed by atoms with E-state index in [1.807, 2.05) is 10.2 Å². The Hall–Kier alpha value is -15.5. The third-order valence-electron chi connectivity index (χ3n) is 24.2. The second kappa shape index (κ2) is 51.8. The van der Waals surface area contributed by atoms with E-state index in [1.54, 1.807) is 45.0 Å². The van der Waals surface area contributed by atoms with E-state index in [9.17, 15) is 107 Å². The van der Waals surface area contributed by atoms with Crippen molar-refractivity contribution in [2.75, 3.05) is 101 Å². The Morgan fingerprint density at radius 2 is 1.25 bits per heavy atom. The number of nitrogens with one attached hydrogen (secondary N) is 13. The number of amides is 13. The number of carboxylic acids is 4. The van der Waals surface area contributed by atoms with Crippen molar-refractivity contribution >= 4 is 153 Å². The minimum absolute atomic E-state index is 0.0190. The molecule has 23 N–H and O–H groups in total. The first-order chi connectivity index (χ1) is 68.5. The average Bonchev–Trinajstić information content (AvgIpc) is 1.62. The molecular formula is C93H123N23O27S. The molecule has 778 valence electrons. The Balaban J connectivity index is 0.640. The number of unbranched alkanes of at least 4 members (excludes halogenated alkanes) is 4. The number of hydrogen-bond acceptors (Lipinski definition) is 32. The van der Waals surface area contributed by atoms with Crippen molar-refractivity contribution < 1.29 is 126 Å². The van der Waals surface area contributed by atoms with Gasteiger partial charge < -0.3 is 134 Å². The van der Waals surface area contributed by atoms with Crippen molar-refractivity contribution in [2.24, 2.45) is 11.7 Å². The fourth-order valence-corrected chi connectivity index (χ4v) is 17.9. The molecule has 3 aromatic carbocycles. The quantitative estimate of drug-likeness (QED) is 0.00615. The van der Waals surface area contributed by atoms with Crippen LogP contribution in [0.15, 0.2) is 83.8 Å². The second-order valence-corrected chi connectivity index (χ2v) is 36.8. The van der Waals surface area contributed by atoms with Gasteiger partial charge in [0.05, 0.1) is 106 Å². The van der Waals surface area contributed by atoms with Crippen LogP contribution in [-0.2, 0) is 78.4 Å². The predicted octanol–water partition coefficient (Wildman–Crippen LogP) is 0.148. The van der Waals surface area contributed by atoms with Gasteiger partial charge in [-0.05, 0) is 120 Å². The third kappa shape index (κ3) is 30.8. The van der Waals surface area contributed by atoms with Gasteiger partial charge >= 0.3 is 23.9 Å². The monoisotopic (exact) mass is 2030 g/mol. The lowest BCUT2D eigenvalue weighted by Gasteiger charge is -2.35. The topological polar surface area (TPSA) is 736 Å². The summed E-state index contributed by atoms with van der Waals surface area (Å²) in [6.45, 7) is 16.6. The number of carbonyl (C=O) groups excluding carboxylic acids is 13. The summed E-state index contributed by atoms with van der Waals surface area (Å²) in [4.78, 5) is 261. The number of methoxy groups -OCH3 is 2. The molecule has 0 saturated carbocycles. The van der Waals surface area contributed by atoms with Crippen LogP contribution in [0.4, 0.5) is 23.0 Å². The van der Waals surface area contributed by atoms with Gasteiger partial charge in [0.1, 0.15) is 42.3 Å². The molecule has 0 bridgehead atoms. The number of ether oxygens (including phenoxy) is 5. The van der Waals surface area contributed by atoms with Gasteiger partial charge in [0.15, 0.2) is 46.3 Å². The van der Waals surface area contributed by atoms with Gasteiger partial charge in [-0.2, -0.15) is 4.98 Å². The fraction of sp³-hybridized carbons (Fsp3) is 0.505. The lowest BCUT2D eigenvalue weighted by atomic mass is 10.0. The van der Waals surface area contributed by atoms with Crippen LogP contribution in [0.25, 0.3) is 11.2 Å². The van der Waals surface area contributed by atoms with Crippen molar-refractivity contribution in [1.82, 2.24) is 87.4 Å². The second-order valence-electron chi connectivity index (χ2n) is 35.6. The summed E-state index contributed by atoms with van der Waals surface area (Å²) in [6.07, 6.45) is -0.944. The van der Waals surface area contributed by atoms with Crippen LogP contribution >= 0.6 is 11.8 Å². The molecule has 50 nitrogen and oxygen atoms in total. The van der Waals surface area contributed by atoms with Crippen molar-refractivity contribution in [3.05, 3.63) is 112 Å². The number of H-pyrrole nitrogens is 1. The van der Waals surface area contributed by atoms with Crippen molar-refractivity contribution in [2.45, 2.75) is 215 Å². The van der Waals surface area contributed by atoms with E-state index >= 15 is 0 Å². The lowest BCUT2D eigenvalue weighted by molar-refractivity contribution is -0.144. The average molecular weight is 2030 g/mol. The number of guanidine groups is 1. The molecule has 2 unspecified atom stereocenters. The van der Waals surface area contributed by atoms with Gasteiger partial charge in [0.2, 0.25) is 65.0 Å². The molecule has 0 spiro atoms. The van der Waals surface area contributed by atoms with Crippen LogP contribution in [-0.4, -0.2) is 318 Å². The SMILES string of the molecule is C=C1C[C@H]2CNc3cc(OCCCCCOc4cc(N)c(C(=O)N5CC(=C)C[C@H]5C5OCCN5C(=O)[C@H](C)NC(=O)[C@@H](NC(=O)CCCCCN5C(=O)CC(SC[C@H](NC(=O)[C@H](CC(=O)O)NC(=O)[C@H](CC(=O)O)NC(=O)[C@H](CCCNC(=N)N)NC(=O)[C@H](CC(=O)O)NC(=O)CC[C@@H](C)NC(=O)c6ccc(NCc7cnc8nc(N)[nH]c(=O)c8n7)cc6)C(=O)O)C5=O)C(C)C)cc4OC)c(OC)cc3C(=O)N2C1. The zero-order chi connectivity index (χ0) is 105. The molecule has 144 heavy (non-hydrogen) atoms. The first kappa shape index (κ1) is 111. The number of likely N-dealkylation sites (tertiary alicyclic amines) is 2. The van der Waals surface area contributed by atoms with E-state index in [1.165, 1.54) is 61.4 Å². The highest BCUT2D eigenvalue weighted by molar-refractivity contribution is 8.00. The Morgan fingerprint density at radius 1 is 0.646 bits per heavy atom. The minimum Gasteiger partial charge on any atom is -0.493 e. The highest BCUT2D eigenvalue weighted by Gasteiger charge is 2.47. The van der Waals surface area contributed by atoms with E-state index in [4.69, 9.17) is 46.3 Å². The van der Waals surface area contributed by atoms with Crippen molar-refractivity contribution in [3.63, 3.8) is 0 Å². The van der Waals surface area contributed by atoms with Crippen LogP contribution < -0.4 is 100 Å². The number of anilines is 4. The number of carbonyl (C=O) groups is 17. The normalized spacial score (nSPS) is 17.6. The Morgan fingerprint density at radius 3 is 1.88 bits per heavy atom. The minimum atomic E-state index is -2.20. The van der Waals surface area contributed by atoms with Gasteiger partial charge in [-0.3, -0.25) is 96.8 Å². The number of benzene rings is 3. The number of fused-ring (bicyclic) bond motifs is 3. The summed E-state index contributed by atoms with van der Waals surface area (Å²) >= 11 is 0.650. The number of aliphatic carboxylic acids is 4. The molecule has 0 aliphatic carbocycles. The highest BCUT2D eigenvalue weighted by atomic mass is 32.2. The standard InChI is InChI=1S/C93H123N23O27S/c1-46(2)76(84(131)103-50(6)86(133)114-26-29-143-90(114)64-31-48(4)44-116(64)87(134)55-32-65(139-7)67(34-57(55)94)141-27-13-10-14-28-142-68-35-59-56(33-66(68)140-8)88(135)115-43-47(3)30-54(115)42-100-59)110-70(117)17-11-9-12-25-113-72(119)39-69(89(113)136)144-45-63(91(137)138)109-83(130)62(38-75(124)125)108-82(129)61(37-74(122)123)107-80(127)58(16-15-24-98-92(95)96)106-81(128)60(36-73(120)121)105-71(118)23-18-49(5)102-79(126)51-19-21-52(22-20-51)99-40-53-41-101-78-77(104-53)85(132)112-93(97)111-78/h19-22,32-35,41,46,49-50,54,58,60-64,69,76,90,99-100H,3-4,9-18,23-31,36-40,42-45,94H2,1-2,5-8H3,(H,102,126)(H,103,131)(H,105,118)(H,106,128)(H,107,127)(H,108,129)(H,109,130)(H,110,117)(H,120,121)(H,122,123)(H,124,125)(H,137,138)(H4,95,96,98)(H3,97,101,111,112,132)/t49-,50+,54+,58+,60+,61+,62+,63+,64+,69?,76+,90?/m1/s1. The van der Waals surface area contributed by atoms with Gasteiger partial charge in [-0.25, -0.2) is 14.8 Å². The summed E-state index contributed by atoms with van der Waals surface area (Å²) in [5.74, 6) is -17.8. The van der Waals surface area contributed by atoms with Gasteiger partial charge in [-0.1, -0.05) is 44.6 Å². The van der Waals surface area contributed by atoms with Crippen LogP contribution in [0.5, 0.6) is 23.0 Å².